The van der Waals surface area contributed by atoms with Crippen molar-refractivity contribution in [2.75, 3.05) is 11.4 Å². The number of thiocarbonyl (C=S) groups is 1. The molecule has 1 aromatic rings. The molecule has 4 heteroatoms. The smallest absolute Gasteiger partial charge is 0.106 e. The van der Waals surface area contributed by atoms with Gasteiger partial charge >= 0.3 is 0 Å². The maximum Gasteiger partial charge on any atom is 0.106 e. The topological polar surface area (TPSA) is 29.3 Å². The van der Waals surface area contributed by atoms with E-state index >= 15 is 0 Å². The van der Waals surface area contributed by atoms with Crippen LogP contribution in [0.1, 0.15) is 38.7 Å². The maximum absolute atomic E-state index is 6.05. The predicted molar refractivity (Wildman–Crippen MR) is 87.2 cm³/mol. The van der Waals surface area contributed by atoms with Crippen LogP contribution in [-0.2, 0) is 0 Å². The van der Waals surface area contributed by atoms with E-state index in [9.17, 15) is 0 Å². The van der Waals surface area contributed by atoms with Crippen LogP contribution in [0.25, 0.3) is 0 Å². The van der Waals surface area contributed by atoms with E-state index in [1.54, 1.807) is 0 Å². The van der Waals surface area contributed by atoms with Gasteiger partial charge in [-0.1, -0.05) is 37.7 Å². The van der Waals surface area contributed by atoms with Gasteiger partial charge in [0.25, 0.3) is 0 Å². The molecule has 1 fully saturated rings. The molecule has 19 heavy (non-hydrogen) atoms. The van der Waals surface area contributed by atoms with Crippen molar-refractivity contribution >= 4 is 34.5 Å². The fourth-order valence-corrected chi connectivity index (χ4v) is 2.57. The minimum absolute atomic E-state index is 0.424. The molecule has 0 aliphatic heterocycles. The van der Waals surface area contributed by atoms with Crippen LogP contribution >= 0.6 is 23.8 Å². The summed E-state index contributed by atoms with van der Waals surface area (Å²) in [5.41, 5.74) is 7.88. The number of anilines is 1. The van der Waals surface area contributed by atoms with Gasteiger partial charge in [-0.05, 0) is 43.4 Å². The van der Waals surface area contributed by atoms with Crippen molar-refractivity contribution in [3.05, 3.63) is 28.8 Å². The third-order valence-electron chi connectivity index (χ3n) is 3.47. The summed E-state index contributed by atoms with van der Waals surface area (Å²) in [6.45, 7) is 5.56. The van der Waals surface area contributed by atoms with Crippen LogP contribution in [0.5, 0.6) is 0 Å². The summed E-state index contributed by atoms with van der Waals surface area (Å²) < 4.78 is 0. The zero-order valence-electron chi connectivity index (χ0n) is 11.5. The molecule has 0 radical (unpaired) electrons. The van der Waals surface area contributed by atoms with Gasteiger partial charge in [-0.25, -0.2) is 0 Å². The van der Waals surface area contributed by atoms with E-state index in [0.29, 0.717) is 22.0 Å². The first-order chi connectivity index (χ1) is 8.99. The summed E-state index contributed by atoms with van der Waals surface area (Å²) in [4.78, 5) is 2.87. The monoisotopic (exact) mass is 296 g/mol. The second-order valence-corrected chi connectivity index (χ2v) is 6.51. The van der Waals surface area contributed by atoms with Gasteiger partial charge in [-0.2, -0.15) is 0 Å². The molecule has 0 spiro atoms. The molecule has 1 aliphatic rings. The Morgan fingerprint density at radius 3 is 2.68 bits per heavy atom. The lowest BCUT2D eigenvalue weighted by Crippen LogP contribution is -2.30. The molecule has 0 heterocycles. The molecule has 0 aromatic heterocycles. The van der Waals surface area contributed by atoms with Crippen molar-refractivity contribution in [1.29, 1.82) is 0 Å². The van der Waals surface area contributed by atoms with Gasteiger partial charge in [-0.15, -0.1) is 0 Å². The normalized spacial score (nSPS) is 14.7. The quantitative estimate of drug-likeness (QED) is 0.805. The van der Waals surface area contributed by atoms with Crippen LogP contribution in [0.2, 0.25) is 5.02 Å². The third-order valence-corrected chi connectivity index (χ3v) is 3.92. The number of benzene rings is 1. The van der Waals surface area contributed by atoms with Gasteiger partial charge in [0.05, 0.1) is 0 Å². The highest BCUT2D eigenvalue weighted by Gasteiger charge is 2.30. The number of hydrogen-bond donors (Lipinski definition) is 1. The van der Waals surface area contributed by atoms with Crippen molar-refractivity contribution < 1.29 is 0 Å². The van der Waals surface area contributed by atoms with E-state index in [2.05, 4.69) is 24.8 Å². The zero-order valence-corrected chi connectivity index (χ0v) is 13.1. The standard InChI is InChI=1S/C15H21ClN2S/c1-10(2)7-8-18(12-4-5-12)14-6-3-11(16)9-13(14)15(17)19/h3,6,9-10,12H,4-5,7-8H2,1-2H3,(H2,17,19). The lowest BCUT2D eigenvalue weighted by Gasteiger charge is -2.28. The molecule has 0 saturated heterocycles. The molecule has 0 amide bonds. The lowest BCUT2D eigenvalue weighted by atomic mass is 10.1. The molecule has 0 bridgehead atoms. The molecule has 2 nitrogen and oxygen atoms in total. The first kappa shape index (κ1) is 14.6. The second-order valence-electron chi connectivity index (χ2n) is 5.63. The average Bonchev–Trinajstić information content (AvgIpc) is 3.14. The molecular formula is C15H21ClN2S. The van der Waals surface area contributed by atoms with Crippen LogP contribution in [0, 0.1) is 5.92 Å². The molecule has 104 valence electrons. The summed E-state index contributed by atoms with van der Waals surface area (Å²) in [7, 11) is 0. The Morgan fingerprint density at radius 2 is 2.16 bits per heavy atom. The molecule has 0 unspecified atom stereocenters. The van der Waals surface area contributed by atoms with Gasteiger partial charge in [0, 0.05) is 28.9 Å². The minimum Gasteiger partial charge on any atom is -0.389 e. The molecular weight excluding hydrogens is 276 g/mol. The van der Waals surface area contributed by atoms with Crippen molar-refractivity contribution in [3.8, 4) is 0 Å². The Kier molecular flexibility index (Phi) is 4.69. The van der Waals surface area contributed by atoms with Gasteiger partial charge in [0.1, 0.15) is 4.99 Å². The lowest BCUT2D eigenvalue weighted by molar-refractivity contribution is 0.570. The largest absolute Gasteiger partial charge is 0.389 e. The molecule has 0 atom stereocenters. The van der Waals surface area contributed by atoms with Crippen molar-refractivity contribution in [2.45, 2.75) is 39.2 Å². The van der Waals surface area contributed by atoms with Gasteiger partial charge in [-0.3, -0.25) is 0 Å². The highest BCUT2D eigenvalue weighted by Crippen LogP contribution is 2.35. The summed E-state index contributed by atoms with van der Waals surface area (Å²) in [6, 6.07) is 6.50. The van der Waals surface area contributed by atoms with E-state index in [0.717, 1.165) is 17.8 Å². The number of nitrogens with zero attached hydrogens (tertiary/aromatic N) is 1. The highest BCUT2D eigenvalue weighted by atomic mass is 35.5. The molecule has 1 aliphatic carbocycles. The van der Waals surface area contributed by atoms with Gasteiger partial charge < -0.3 is 10.6 Å². The van der Waals surface area contributed by atoms with Crippen LogP contribution in [0.15, 0.2) is 18.2 Å². The van der Waals surface area contributed by atoms with Crippen molar-refractivity contribution in [3.63, 3.8) is 0 Å². The summed E-state index contributed by atoms with van der Waals surface area (Å²) in [5, 5.41) is 0.686. The van der Waals surface area contributed by atoms with Crippen LogP contribution in [0.4, 0.5) is 5.69 Å². The minimum atomic E-state index is 0.424. The van der Waals surface area contributed by atoms with Crippen LogP contribution in [0.3, 0.4) is 0 Å². The fourth-order valence-electron chi connectivity index (χ4n) is 2.24. The third kappa shape index (κ3) is 3.83. The van der Waals surface area contributed by atoms with Crippen LogP contribution in [-0.4, -0.2) is 17.6 Å². The maximum atomic E-state index is 6.05. The SMILES string of the molecule is CC(C)CCN(c1ccc(Cl)cc1C(N)=S)C1CC1. The predicted octanol–water partition coefficient (Wildman–Crippen LogP) is 3.99. The van der Waals surface area contributed by atoms with E-state index < -0.39 is 0 Å². The first-order valence-corrected chi connectivity index (χ1v) is 7.63. The van der Waals surface area contributed by atoms with E-state index in [-0.39, 0.29) is 0 Å². The summed E-state index contributed by atoms with van der Waals surface area (Å²) in [5.74, 6) is 0.696. The molecule has 1 aromatic carbocycles. The Hall–Kier alpha value is -0.800. The Labute approximate surface area is 125 Å². The first-order valence-electron chi connectivity index (χ1n) is 6.85. The number of rotatable bonds is 6. The van der Waals surface area contributed by atoms with Crippen molar-refractivity contribution in [1.82, 2.24) is 0 Å². The van der Waals surface area contributed by atoms with Gasteiger partial charge in [0.15, 0.2) is 0 Å². The molecule has 2 N–H and O–H groups in total. The summed E-state index contributed by atoms with van der Waals surface area (Å²) >= 11 is 11.2. The fraction of sp³-hybridized carbons (Fsp3) is 0.533. The second kappa shape index (κ2) is 6.10. The average molecular weight is 297 g/mol. The molecule has 2 rings (SSSR count). The van der Waals surface area contributed by atoms with Crippen molar-refractivity contribution in [2.24, 2.45) is 11.7 Å². The zero-order chi connectivity index (χ0) is 14.0. The number of hydrogen-bond acceptors (Lipinski definition) is 2. The van der Waals surface area contributed by atoms with Gasteiger partial charge in [0.2, 0.25) is 0 Å². The van der Waals surface area contributed by atoms with Crippen LogP contribution < -0.4 is 10.6 Å². The Bertz CT molecular complexity index is 469. The summed E-state index contributed by atoms with van der Waals surface area (Å²) in [6.07, 6.45) is 3.70. The van der Waals surface area contributed by atoms with E-state index in [4.69, 9.17) is 29.6 Å². The Morgan fingerprint density at radius 1 is 1.47 bits per heavy atom. The van der Waals surface area contributed by atoms with E-state index in [1.165, 1.54) is 19.3 Å². The number of halogens is 1. The number of nitrogens with two attached hydrogens (primary N) is 1. The van der Waals surface area contributed by atoms with E-state index in [1.807, 2.05) is 12.1 Å². The molecule has 1 saturated carbocycles. The highest BCUT2D eigenvalue weighted by molar-refractivity contribution is 7.80. The Balaban J connectivity index is 2.28.